The quantitative estimate of drug-likeness (QED) is 0.158. The standard InChI is InChI=1S/C47H34F6N2O/c1-45(2)26-25-37-39(55(33-11-7-4-8-12-33)35-20-16-31(17-21-35)47(51,52)53)24-13-29-27-41-43(44(45)42(29)37)38-23-22-36(28-40(38)56-41)54(32-9-5-3-6-10-32)34-18-14-30(15-19-34)46(48,49)50/h3-24,27-28H,25-26H2,1-2H3. The van der Waals surface area contributed by atoms with Crippen LogP contribution in [0, 0.1) is 0 Å². The Morgan fingerprint density at radius 1 is 0.518 bits per heavy atom. The minimum atomic E-state index is -4.45. The van der Waals surface area contributed by atoms with Crippen LogP contribution in [0.5, 0.6) is 0 Å². The predicted octanol–water partition coefficient (Wildman–Crippen LogP) is 14.9. The summed E-state index contributed by atoms with van der Waals surface area (Å²) in [4.78, 5) is 3.93. The fourth-order valence-electron chi connectivity index (χ4n) is 8.27. The number of halogens is 6. The highest BCUT2D eigenvalue weighted by molar-refractivity contribution is 6.16. The Bertz CT molecular complexity index is 2740. The SMILES string of the molecule is CC1(C)CCc2c(N(c3ccccc3)c3ccc(C(F)(F)F)cc3)ccc3cc4oc5cc(N(c6ccccc6)c6ccc(C(F)(F)F)cc6)ccc5c4c1c23. The van der Waals surface area contributed by atoms with E-state index in [4.69, 9.17) is 4.42 Å². The zero-order valence-electron chi connectivity index (χ0n) is 30.3. The highest BCUT2D eigenvalue weighted by Gasteiger charge is 2.36. The Morgan fingerprint density at radius 2 is 1.04 bits per heavy atom. The maximum atomic E-state index is 13.6. The van der Waals surface area contributed by atoms with Crippen LogP contribution < -0.4 is 9.80 Å². The fraction of sp³-hybridized carbons (Fsp3) is 0.149. The van der Waals surface area contributed by atoms with E-state index in [2.05, 4.69) is 26.0 Å². The summed E-state index contributed by atoms with van der Waals surface area (Å²) < 4.78 is 88.0. The van der Waals surface area contributed by atoms with Gasteiger partial charge in [-0.25, -0.2) is 0 Å². The maximum absolute atomic E-state index is 13.6. The molecule has 0 atom stereocenters. The van der Waals surface area contributed by atoms with E-state index in [1.807, 2.05) is 94.7 Å². The third kappa shape index (κ3) is 6.02. The highest BCUT2D eigenvalue weighted by atomic mass is 19.4. The molecule has 3 nitrogen and oxygen atoms in total. The molecule has 0 bridgehead atoms. The first-order valence-electron chi connectivity index (χ1n) is 18.3. The fourth-order valence-corrected chi connectivity index (χ4v) is 8.27. The van der Waals surface area contributed by atoms with Gasteiger partial charge in [0, 0.05) is 51.0 Å². The van der Waals surface area contributed by atoms with Crippen molar-refractivity contribution >= 4 is 66.8 Å². The van der Waals surface area contributed by atoms with Crippen molar-refractivity contribution in [3.63, 3.8) is 0 Å². The second kappa shape index (κ2) is 12.9. The van der Waals surface area contributed by atoms with Gasteiger partial charge in [-0.2, -0.15) is 26.3 Å². The second-order valence-electron chi connectivity index (χ2n) is 14.9. The third-order valence-electron chi connectivity index (χ3n) is 10.9. The first-order chi connectivity index (χ1) is 26.8. The smallest absolute Gasteiger partial charge is 0.416 e. The summed E-state index contributed by atoms with van der Waals surface area (Å²) in [5.41, 5.74) is 6.30. The van der Waals surface area contributed by atoms with Gasteiger partial charge in [-0.3, -0.25) is 0 Å². The third-order valence-corrected chi connectivity index (χ3v) is 10.9. The number of nitrogens with zero attached hydrogens (tertiary/aromatic N) is 2. The van der Waals surface area contributed by atoms with E-state index in [1.54, 1.807) is 0 Å². The summed E-state index contributed by atoms with van der Waals surface area (Å²) in [6.07, 6.45) is -7.33. The van der Waals surface area contributed by atoms with Gasteiger partial charge in [-0.15, -0.1) is 0 Å². The molecule has 1 aromatic heterocycles. The van der Waals surface area contributed by atoms with Crippen LogP contribution in [-0.2, 0) is 24.2 Å². The highest BCUT2D eigenvalue weighted by Crippen LogP contribution is 2.52. The number of hydrogen-bond acceptors (Lipinski definition) is 3. The van der Waals surface area contributed by atoms with Crippen molar-refractivity contribution in [2.24, 2.45) is 0 Å². The molecule has 280 valence electrons. The van der Waals surface area contributed by atoms with Crippen LogP contribution in [0.2, 0.25) is 0 Å². The normalized spacial score (nSPS) is 14.1. The average molecular weight is 757 g/mol. The largest absolute Gasteiger partial charge is 0.456 e. The average Bonchev–Trinajstić information content (AvgIpc) is 3.54. The second-order valence-corrected chi connectivity index (χ2v) is 14.9. The number of rotatable bonds is 6. The van der Waals surface area contributed by atoms with Crippen molar-refractivity contribution in [3.05, 3.63) is 168 Å². The van der Waals surface area contributed by atoms with E-state index in [1.165, 1.54) is 24.3 Å². The van der Waals surface area contributed by atoms with Gasteiger partial charge in [0.1, 0.15) is 11.2 Å². The summed E-state index contributed by atoms with van der Waals surface area (Å²) in [5.74, 6) is 0. The molecule has 0 saturated carbocycles. The molecule has 0 unspecified atom stereocenters. The summed E-state index contributed by atoms with van der Waals surface area (Å²) in [6.45, 7) is 4.47. The van der Waals surface area contributed by atoms with E-state index in [0.717, 1.165) is 98.1 Å². The number of benzene rings is 7. The molecule has 1 aliphatic rings. The maximum Gasteiger partial charge on any atom is 0.416 e. The molecule has 1 heterocycles. The Hall–Kier alpha value is -6.22. The van der Waals surface area contributed by atoms with Gasteiger partial charge in [-0.05, 0) is 137 Å². The van der Waals surface area contributed by atoms with Crippen LogP contribution >= 0.6 is 0 Å². The van der Waals surface area contributed by atoms with Gasteiger partial charge in [0.25, 0.3) is 0 Å². The zero-order chi connectivity index (χ0) is 39.0. The molecule has 9 rings (SSSR count). The molecule has 0 radical (unpaired) electrons. The Balaban J connectivity index is 1.24. The van der Waals surface area contributed by atoms with E-state index >= 15 is 0 Å². The van der Waals surface area contributed by atoms with Gasteiger partial charge < -0.3 is 14.2 Å². The molecule has 0 amide bonds. The molecule has 56 heavy (non-hydrogen) atoms. The number of fused-ring (bicyclic) bond motifs is 4. The summed E-state index contributed by atoms with van der Waals surface area (Å²) in [5, 5.41) is 4.00. The van der Waals surface area contributed by atoms with Crippen molar-refractivity contribution in [3.8, 4) is 0 Å². The molecule has 1 aliphatic carbocycles. The number of para-hydroxylation sites is 2. The van der Waals surface area contributed by atoms with Gasteiger partial charge in [0.05, 0.1) is 11.1 Å². The van der Waals surface area contributed by atoms with E-state index in [9.17, 15) is 26.3 Å². The Morgan fingerprint density at radius 3 is 1.61 bits per heavy atom. The predicted molar refractivity (Wildman–Crippen MR) is 212 cm³/mol. The summed E-state index contributed by atoms with van der Waals surface area (Å²) >= 11 is 0. The number of hydrogen-bond donors (Lipinski definition) is 0. The minimum Gasteiger partial charge on any atom is -0.456 e. The lowest BCUT2D eigenvalue weighted by atomic mass is 9.70. The van der Waals surface area contributed by atoms with Crippen LogP contribution in [0.4, 0.5) is 60.5 Å². The molecule has 0 N–H and O–H groups in total. The minimum absolute atomic E-state index is 0.263. The molecule has 0 fully saturated rings. The number of aryl methyl sites for hydroxylation is 1. The van der Waals surface area contributed by atoms with Crippen molar-refractivity contribution in [1.29, 1.82) is 0 Å². The monoisotopic (exact) mass is 756 g/mol. The van der Waals surface area contributed by atoms with Gasteiger partial charge in [0.15, 0.2) is 0 Å². The molecule has 9 heteroatoms. The zero-order valence-corrected chi connectivity index (χ0v) is 30.3. The van der Waals surface area contributed by atoms with Crippen LogP contribution in [-0.4, -0.2) is 0 Å². The lowest BCUT2D eigenvalue weighted by molar-refractivity contribution is -0.138. The van der Waals surface area contributed by atoms with Gasteiger partial charge in [0.2, 0.25) is 0 Å². The number of alkyl halides is 6. The van der Waals surface area contributed by atoms with Crippen molar-refractivity contribution in [2.45, 2.75) is 44.5 Å². The first kappa shape index (κ1) is 35.5. The molecular weight excluding hydrogens is 723 g/mol. The topological polar surface area (TPSA) is 19.6 Å². The molecule has 0 aliphatic heterocycles. The van der Waals surface area contributed by atoms with Crippen LogP contribution in [0.25, 0.3) is 32.7 Å². The summed E-state index contributed by atoms with van der Waals surface area (Å²) in [6, 6.07) is 41.6. The molecule has 0 saturated heterocycles. The van der Waals surface area contributed by atoms with Crippen LogP contribution in [0.3, 0.4) is 0 Å². The molecule has 7 aromatic carbocycles. The van der Waals surface area contributed by atoms with Crippen molar-refractivity contribution < 1.29 is 30.8 Å². The van der Waals surface area contributed by atoms with E-state index < -0.39 is 23.5 Å². The number of anilines is 6. The molecule has 0 spiro atoms. The Kier molecular flexibility index (Phi) is 8.20. The van der Waals surface area contributed by atoms with Crippen LogP contribution in [0.1, 0.15) is 42.5 Å². The van der Waals surface area contributed by atoms with Crippen molar-refractivity contribution in [2.75, 3.05) is 9.80 Å². The van der Waals surface area contributed by atoms with Gasteiger partial charge >= 0.3 is 12.4 Å². The summed E-state index contributed by atoms with van der Waals surface area (Å²) in [7, 11) is 0. The lowest BCUT2D eigenvalue weighted by Crippen LogP contribution is -2.25. The Labute approximate surface area is 319 Å². The molecule has 8 aromatic rings. The number of furan rings is 1. The lowest BCUT2D eigenvalue weighted by Gasteiger charge is -2.36. The van der Waals surface area contributed by atoms with Crippen LogP contribution in [0.15, 0.2) is 150 Å². The van der Waals surface area contributed by atoms with Crippen molar-refractivity contribution in [1.82, 2.24) is 0 Å². The van der Waals surface area contributed by atoms with Gasteiger partial charge in [-0.1, -0.05) is 56.3 Å². The van der Waals surface area contributed by atoms with E-state index in [-0.39, 0.29) is 5.41 Å². The van der Waals surface area contributed by atoms with E-state index in [0.29, 0.717) is 17.0 Å². The molecular formula is C47H34F6N2O. The first-order valence-corrected chi connectivity index (χ1v) is 18.3.